The molecule has 3 heteroatoms. The molecule has 0 atom stereocenters. The van der Waals surface area contributed by atoms with E-state index in [0.717, 1.165) is 24.0 Å². The molecule has 0 amide bonds. The fourth-order valence-electron chi connectivity index (χ4n) is 2.94. The van der Waals surface area contributed by atoms with Crippen molar-refractivity contribution in [3.05, 3.63) is 107 Å². The molecule has 0 aromatic heterocycles. The molecule has 0 radical (unpaired) electrons. The zero-order valence-corrected chi connectivity index (χ0v) is 15.1. The Labute approximate surface area is 160 Å². The highest BCUT2D eigenvalue weighted by molar-refractivity contribution is 5.94. The van der Waals surface area contributed by atoms with Crippen LogP contribution in [0, 0.1) is 0 Å². The number of aromatic carboxylic acids is 1. The van der Waals surface area contributed by atoms with E-state index in [0.29, 0.717) is 17.8 Å². The first kappa shape index (κ1) is 18.5. The van der Waals surface area contributed by atoms with E-state index >= 15 is 0 Å². The summed E-state index contributed by atoms with van der Waals surface area (Å²) in [6.07, 6.45) is 5.82. The van der Waals surface area contributed by atoms with Crippen molar-refractivity contribution in [2.24, 2.45) is 0 Å². The Bertz CT molecular complexity index is 902. The predicted molar refractivity (Wildman–Crippen MR) is 111 cm³/mol. The standard InChI is InChI=1S/C24H23NO2/c26-24(27)22-16-15-21(14-13-20-10-5-2-6-11-20)18-23(22)25-17-7-12-19-8-3-1-4-9-19/h1-12,15-16,18,25H,13-14,17H2,(H,26,27). The molecule has 0 bridgehead atoms. The molecule has 136 valence electrons. The van der Waals surface area contributed by atoms with Gasteiger partial charge in [-0.05, 0) is 41.7 Å². The fraction of sp³-hybridized carbons (Fsp3) is 0.125. The summed E-state index contributed by atoms with van der Waals surface area (Å²) in [6.45, 7) is 0.567. The van der Waals surface area contributed by atoms with Gasteiger partial charge >= 0.3 is 5.97 Å². The Balaban J connectivity index is 1.66. The van der Waals surface area contributed by atoms with Crippen molar-refractivity contribution in [1.29, 1.82) is 0 Å². The van der Waals surface area contributed by atoms with Gasteiger partial charge in [0, 0.05) is 12.2 Å². The Kier molecular flexibility index (Phi) is 6.42. The lowest BCUT2D eigenvalue weighted by Crippen LogP contribution is -2.07. The molecule has 3 nitrogen and oxygen atoms in total. The minimum atomic E-state index is -0.917. The third-order valence-electron chi connectivity index (χ3n) is 4.38. The van der Waals surface area contributed by atoms with E-state index in [2.05, 4.69) is 17.4 Å². The van der Waals surface area contributed by atoms with Gasteiger partial charge in [-0.3, -0.25) is 0 Å². The minimum absolute atomic E-state index is 0.298. The van der Waals surface area contributed by atoms with Crippen molar-refractivity contribution in [2.45, 2.75) is 12.8 Å². The molecule has 2 N–H and O–H groups in total. The largest absolute Gasteiger partial charge is 0.478 e. The molecule has 3 aromatic rings. The van der Waals surface area contributed by atoms with Crippen LogP contribution in [-0.2, 0) is 12.8 Å². The molecule has 0 heterocycles. The minimum Gasteiger partial charge on any atom is -0.478 e. The second-order valence-electron chi connectivity index (χ2n) is 6.36. The molecule has 0 saturated heterocycles. The van der Waals surface area contributed by atoms with E-state index in [-0.39, 0.29) is 0 Å². The van der Waals surface area contributed by atoms with Crippen LogP contribution in [0.1, 0.15) is 27.0 Å². The van der Waals surface area contributed by atoms with Crippen LogP contribution in [-0.4, -0.2) is 17.6 Å². The predicted octanol–water partition coefficient (Wildman–Crippen LogP) is 5.30. The number of carboxylic acid groups (broad SMARTS) is 1. The summed E-state index contributed by atoms with van der Waals surface area (Å²) < 4.78 is 0. The van der Waals surface area contributed by atoms with Crippen molar-refractivity contribution in [3.63, 3.8) is 0 Å². The number of hydrogen-bond acceptors (Lipinski definition) is 2. The Morgan fingerprint density at radius 2 is 1.52 bits per heavy atom. The third-order valence-corrected chi connectivity index (χ3v) is 4.38. The molecule has 0 aliphatic heterocycles. The van der Waals surface area contributed by atoms with Crippen LogP contribution >= 0.6 is 0 Å². The monoisotopic (exact) mass is 357 g/mol. The van der Waals surface area contributed by atoms with Crippen LogP contribution in [0.4, 0.5) is 5.69 Å². The highest BCUT2D eigenvalue weighted by Crippen LogP contribution is 2.19. The van der Waals surface area contributed by atoms with E-state index in [9.17, 15) is 9.90 Å². The molecule has 0 aliphatic rings. The van der Waals surface area contributed by atoms with Gasteiger partial charge in [0.15, 0.2) is 0 Å². The van der Waals surface area contributed by atoms with Gasteiger partial charge in [-0.2, -0.15) is 0 Å². The van der Waals surface area contributed by atoms with Gasteiger partial charge in [-0.15, -0.1) is 0 Å². The summed E-state index contributed by atoms with van der Waals surface area (Å²) in [7, 11) is 0. The second kappa shape index (κ2) is 9.39. The first-order chi connectivity index (χ1) is 13.2. The molecule has 27 heavy (non-hydrogen) atoms. The SMILES string of the molecule is O=C(O)c1ccc(CCc2ccccc2)cc1NCC=Cc1ccccc1. The van der Waals surface area contributed by atoms with Crippen molar-refractivity contribution in [1.82, 2.24) is 0 Å². The normalized spacial score (nSPS) is 10.8. The van der Waals surface area contributed by atoms with Crippen molar-refractivity contribution in [2.75, 3.05) is 11.9 Å². The average molecular weight is 357 g/mol. The zero-order chi connectivity index (χ0) is 18.9. The number of benzene rings is 3. The van der Waals surface area contributed by atoms with Crippen molar-refractivity contribution >= 4 is 17.7 Å². The van der Waals surface area contributed by atoms with Crippen LogP contribution < -0.4 is 5.32 Å². The average Bonchev–Trinajstić information content (AvgIpc) is 2.71. The van der Waals surface area contributed by atoms with E-state index in [1.807, 2.05) is 72.8 Å². The van der Waals surface area contributed by atoms with E-state index < -0.39 is 5.97 Å². The van der Waals surface area contributed by atoms with Crippen LogP contribution in [0.15, 0.2) is 84.9 Å². The van der Waals surface area contributed by atoms with Gasteiger partial charge < -0.3 is 10.4 Å². The van der Waals surface area contributed by atoms with E-state index in [4.69, 9.17) is 0 Å². The number of carboxylic acids is 1. The Morgan fingerprint density at radius 1 is 0.852 bits per heavy atom. The molecule has 0 unspecified atom stereocenters. The highest BCUT2D eigenvalue weighted by Gasteiger charge is 2.10. The van der Waals surface area contributed by atoms with Crippen molar-refractivity contribution in [3.8, 4) is 0 Å². The summed E-state index contributed by atoms with van der Waals surface area (Å²) in [5.74, 6) is -0.917. The Morgan fingerprint density at radius 3 is 2.22 bits per heavy atom. The number of nitrogens with one attached hydrogen (secondary N) is 1. The van der Waals surface area contributed by atoms with Gasteiger partial charge in [0.05, 0.1) is 5.56 Å². The maximum atomic E-state index is 11.5. The topological polar surface area (TPSA) is 49.3 Å². The first-order valence-corrected chi connectivity index (χ1v) is 9.08. The van der Waals surface area contributed by atoms with Gasteiger partial charge in [0.25, 0.3) is 0 Å². The maximum Gasteiger partial charge on any atom is 0.337 e. The van der Waals surface area contributed by atoms with Gasteiger partial charge in [-0.25, -0.2) is 4.79 Å². The molecule has 0 spiro atoms. The van der Waals surface area contributed by atoms with E-state index in [1.165, 1.54) is 5.56 Å². The Hall–Kier alpha value is -3.33. The molecule has 0 fully saturated rings. The zero-order valence-electron chi connectivity index (χ0n) is 15.1. The lowest BCUT2D eigenvalue weighted by atomic mass is 10.0. The van der Waals surface area contributed by atoms with Gasteiger partial charge in [-0.1, -0.05) is 78.9 Å². The number of rotatable bonds is 8. The number of carbonyl (C=O) groups is 1. The summed E-state index contributed by atoms with van der Waals surface area (Å²) in [6, 6.07) is 25.9. The summed E-state index contributed by atoms with van der Waals surface area (Å²) in [4.78, 5) is 11.5. The van der Waals surface area contributed by atoms with Crippen LogP contribution in [0.25, 0.3) is 6.08 Å². The second-order valence-corrected chi connectivity index (χ2v) is 6.36. The summed E-state index contributed by atoms with van der Waals surface area (Å²) in [5, 5.41) is 12.7. The first-order valence-electron chi connectivity index (χ1n) is 9.08. The number of aryl methyl sites for hydroxylation is 2. The number of hydrogen-bond donors (Lipinski definition) is 2. The highest BCUT2D eigenvalue weighted by atomic mass is 16.4. The molecule has 3 rings (SSSR count). The smallest absolute Gasteiger partial charge is 0.337 e. The quantitative estimate of drug-likeness (QED) is 0.575. The summed E-state index contributed by atoms with van der Waals surface area (Å²) in [5.41, 5.74) is 4.48. The summed E-state index contributed by atoms with van der Waals surface area (Å²) >= 11 is 0. The van der Waals surface area contributed by atoms with Crippen molar-refractivity contribution < 1.29 is 9.90 Å². The molecule has 0 aliphatic carbocycles. The van der Waals surface area contributed by atoms with Crippen LogP contribution in [0.3, 0.4) is 0 Å². The van der Waals surface area contributed by atoms with Crippen LogP contribution in [0.5, 0.6) is 0 Å². The molecule has 0 saturated carbocycles. The number of anilines is 1. The molecule has 3 aromatic carbocycles. The van der Waals surface area contributed by atoms with E-state index in [1.54, 1.807) is 6.07 Å². The van der Waals surface area contributed by atoms with Crippen LogP contribution in [0.2, 0.25) is 0 Å². The molecular weight excluding hydrogens is 334 g/mol. The fourth-order valence-corrected chi connectivity index (χ4v) is 2.94. The lowest BCUT2D eigenvalue weighted by molar-refractivity contribution is 0.0698. The third kappa shape index (κ3) is 5.58. The van der Waals surface area contributed by atoms with Gasteiger partial charge in [0.2, 0.25) is 0 Å². The lowest BCUT2D eigenvalue weighted by Gasteiger charge is -2.11. The maximum absolute atomic E-state index is 11.5. The molecular formula is C24H23NO2. The van der Waals surface area contributed by atoms with Gasteiger partial charge in [0.1, 0.15) is 0 Å².